The molecule has 0 spiro atoms. The van der Waals surface area contributed by atoms with Crippen LogP contribution in [0.2, 0.25) is 0 Å². The highest BCUT2D eigenvalue weighted by molar-refractivity contribution is 9.10. The van der Waals surface area contributed by atoms with E-state index in [4.69, 9.17) is 5.73 Å². The third-order valence-electron chi connectivity index (χ3n) is 3.26. The Balaban J connectivity index is 2.15. The molecule has 1 heterocycles. The number of hydrogen-bond acceptors (Lipinski definition) is 5. The fourth-order valence-corrected chi connectivity index (χ4v) is 3.36. The third-order valence-corrected chi connectivity index (χ3v) is 4.94. The van der Waals surface area contributed by atoms with Crippen LogP contribution in [0.3, 0.4) is 0 Å². The van der Waals surface area contributed by atoms with Crippen LogP contribution in [0.25, 0.3) is 0 Å². The molecule has 9 heteroatoms. The number of nitrogens with one attached hydrogen (secondary N) is 1. The summed E-state index contributed by atoms with van der Waals surface area (Å²) in [5.74, 6) is 0.148. The van der Waals surface area contributed by atoms with E-state index in [0.29, 0.717) is 23.1 Å². The van der Waals surface area contributed by atoms with Gasteiger partial charge >= 0.3 is 0 Å². The molecule has 1 unspecified atom stereocenters. The zero-order valence-corrected chi connectivity index (χ0v) is 15.7. The topological polar surface area (TPSA) is 103 Å². The van der Waals surface area contributed by atoms with Gasteiger partial charge in [0.2, 0.25) is 5.91 Å². The van der Waals surface area contributed by atoms with Crippen molar-refractivity contribution in [2.24, 2.45) is 5.73 Å². The van der Waals surface area contributed by atoms with Crippen LogP contribution in [0.15, 0.2) is 33.9 Å². The Hall–Kier alpha value is -1.87. The highest BCUT2D eigenvalue weighted by Gasteiger charge is 2.20. The summed E-state index contributed by atoms with van der Waals surface area (Å²) in [6.45, 7) is 4.41. The number of rotatable bonds is 7. The fourth-order valence-electron chi connectivity index (χ4n) is 2.14. The molecule has 1 aromatic carbocycles. The van der Waals surface area contributed by atoms with E-state index in [0.717, 1.165) is 4.47 Å². The van der Waals surface area contributed by atoms with Crippen LogP contribution in [0.5, 0.6) is 0 Å². The average Bonchev–Trinajstić information content (AvgIpc) is 2.96. The predicted molar refractivity (Wildman–Crippen MR) is 95.6 cm³/mol. The van der Waals surface area contributed by atoms with Gasteiger partial charge in [-0.3, -0.25) is 9.59 Å². The van der Waals surface area contributed by atoms with Crippen molar-refractivity contribution in [2.75, 3.05) is 5.75 Å². The van der Waals surface area contributed by atoms with Crippen LogP contribution in [-0.2, 0) is 11.3 Å². The second-order valence-corrected chi connectivity index (χ2v) is 6.81. The molecule has 0 aliphatic rings. The second-order valence-electron chi connectivity index (χ2n) is 5.02. The molecular weight excluding hydrogens is 394 g/mol. The molecule has 7 nitrogen and oxygen atoms in total. The number of carbonyl (C=O) groups excluding carboxylic acids is 2. The molecule has 2 aromatic rings. The molecule has 0 saturated carbocycles. The zero-order valence-electron chi connectivity index (χ0n) is 13.3. The van der Waals surface area contributed by atoms with Crippen molar-refractivity contribution in [1.29, 1.82) is 0 Å². The normalized spacial score (nSPS) is 12.0. The lowest BCUT2D eigenvalue weighted by molar-refractivity contribution is -0.115. The molecule has 1 atom stereocenters. The first-order valence-corrected chi connectivity index (χ1v) is 9.11. The van der Waals surface area contributed by atoms with Gasteiger partial charge in [0.05, 0.1) is 17.4 Å². The number of carbonyl (C=O) groups is 2. The predicted octanol–water partition coefficient (Wildman–Crippen LogP) is 2.13. The summed E-state index contributed by atoms with van der Waals surface area (Å²) in [7, 11) is 0. The van der Waals surface area contributed by atoms with E-state index >= 15 is 0 Å². The van der Waals surface area contributed by atoms with Crippen LogP contribution in [0.1, 0.15) is 36.1 Å². The zero-order chi connectivity index (χ0) is 17.7. The number of thioether (sulfide) groups is 1. The first-order valence-electron chi connectivity index (χ1n) is 7.33. The molecule has 0 bridgehead atoms. The van der Waals surface area contributed by atoms with Gasteiger partial charge in [-0.25, -0.2) is 0 Å². The summed E-state index contributed by atoms with van der Waals surface area (Å²) < 4.78 is 2.59. The van der Waals surface area contributed by atoms with Crippen molar-refractivity contribution in [3.05, 3.63) is 40.1 Å². The SMILES string of the molecule is CCn1c(SCC(N)=O)nnc1C(C)NC(=O)c1ccccc1Br. The van der Waals surface area contributed by atoms with E-state index in [-0.39, 0.29) is 17.7 Å². The minimum Gasteiger partial charge on any atom is -0.369 e. The van der Waals surface area contributed by atoms with Crippen molar-refractivity contribution in [3.63, 3.8) is 0 Å². The van der Waals surface area contributed by atoms with Gasteiger partial charge in [-0.05, 0) is 41.9 Å². The number of hydrogen-bond donors (Lipinski definition) is 2. The molecular formula is C15H18BrN5O2S. The lowest BCUT2D eigenvalue weighted by atomic mass is 10.2. The number of aromatic nitrogens is 3. The monoisotopic (exact) mass is 411 g/mol. The van der Waals surface area contributed by atoms with Crippen molar-refractivity contribution in [2.45, 2.75) is 31.6 Å². The molecule has 24 heavy (non-hydrogen) atoms. The first kappa shape index (κ1) is 18.5. The molecule has 2 rings (SSSR count). The summed E-state index contributed by atoms with van der Waals surface area (Å²) in [4.78, 5) is 23.3. The van der Waals surface area contributed by atoms with Crippen LogP contribution in [-0.4, -0.2) is 32.3 Å². The first-order chi connectivity index (χ1) is 11.4. The van der Waals surface area contributed by atoms with Gasteiger partial charge in [0.25, 0.3) is 5.91 Å². The molecule has 0 aliphatic heterocycles. The van der Waals surface area contributed by atoms with Crippen LogP contribution in [0, 0.1) is 0 Å². The van der Waals surface area contributed by atoms with Gasteiger partial charge in [0, 0.05) is 11.0 Å². The standard InChI is InChI=1S/C15H18BrN5O2S/c1-3-21-13(19-20-15(21)24-8-12(17)22)9(2)18-14(23)10-6-4-5-7-11(10)16/h4-7,9H,3,8H2,1-2H3,(H2,17,22)(H,18,23). The second kappa shape index (κ2) is 8.29. The smallest absolute Gasteiger partial charge is 0.253 e. The van der Waals surface area contributed by atoms with Gasteiger partial charge in [-0.15, -0.1) is 10.2 Å². The summed E-state index contributed by atoms with van der Waals surface area (Å²) in [5.41, 5.74) is 5.72. The summed E-state index contributed by atoms with van der Waals surface area (Å²) >= 11 is 4.60. The fraction of sp³-hybridized carbons (Fsp3) is 0.333. The minimum absolute atomic E-state index is 0.135. The maximum absolute atomic E-state index is 12.4. The number of benzene rings is 1. The van der Waals surface area contributed by atoms with E-state index < -0.39 is 5.91 Å². The quantitative estimate of drug-likeness (QED) is 0.679. The average molecular weight is 412 g/mol. The summed E-state index contributed by atoms with van der Waals surface area (Å²) in [6, 6.07) is 6.87. The van der Waals surface area contributed by atoms with E-state index in [9.17, 15) is 9.59 Å². The number of halogens is 1. The van der Waals surface area contributed by atoms with Crippen LogP contribution >= 0.6 is 27.7 Å². The number of primary amides is 1. The molecule has 3 N–H and O–H groups in total. The Labute approximate surface area is 152 Å². The van der Waals surface area contributed by atoms with Gasteiger partial charge < -0.3 is 15.6 Å². The van der Waals surface area contributed by atoms with E-state index in [1.54, 1.807) is 12.1 Å². The highest BCUT2D eigenvalue weighted by Crippen LogP contribution is 2.21. The Bertz CT molecular complexity index is 749. The Morgan fingerprint density at radius 1 is 1.38 bits per heavy atom. The van der Waals surface area contributed by atoms with Gasteiger partial charge in [-0.2, -0.15) is 0 Å². The lowest BCUT2D eigenvalue weighted by Crippen LogP contribution is -2.29. The van der Waals surface area contributed by atoms with Crippen molar-refractivity contribution in [1.82, 2.24) is 20.1 Å². The van der Waals surface area contributed by atoms with Crippen molar-refractivity contribution < 1.29 is 9.59 Å². The summed E-state index contributed by atoms with van der Waals surface area (Å²) in [5, 5.41) is 11.8. The molecule has 2 amide bonds. The summed E-state index contributed by atoms with van der Waals surface area (Å²) in [6.07, 6.45) is 0. The Morgan fingerprint density at radius 3 is 2.71 bits per heavy atom. The van der Waals surface area contributed by atoms with E-state index in [2.05, 4.69) is 31.4 Å². The minimum atomic E-state index is -0.414. The number of amides is 2. The molecule has 0 aliphatic carbocycles. The van der Waals surface area contributed by atoms with Crippen molar-refractivity contribution >= 4 is 39.5 Å². The van der Waals surface area contributed by atoms with Crippen LogP contribution in [0.4, 0.5) is 0 Å². The van der Waals surface area contributed by atoms with E-state index in [1.165, 1.54) is 11.8 Å². The number of nitrogens with two attached hydrogens (primary N) is 1. The van der Waals surface area contributed by atoms with Crippen LogP contribution < -0.4 is 11.1 Å². The van der Waals surface area contributed by atoms with Gasteiger partial charge in [0.1, 0.15) is 0 Å². The molecule has 1 aromatic heterocycles. The number of nitrogens with zero attached hydrogens (tertiary/aromatic N) is 3. The largest absolute Gasteiger partial charge is 0.369 e. The third kappa shape index (κ3) is 4.35. The molecule has 0 fully saturated rings. The highest BCUT2D eigenvalue weighted by atomic mass is 79.9. The maximum Gasteiger partial charge on any atom is 0.253 e. The lowest BCUT2D eigenvalue weighted by Gasteiger charge is -2.15. The molecule has 0 radical (unpaired) electrons. The Kier molecular flexibility index (Phi) is 6.38. The molecule has 128 valence electrons. The van der Waals surface area contributed by atoms with Gasteiger partial charge in [0.15, 0.2) is 11.0 Å². The maximum atomic E-state index is 12.4. The Morgan fingerprint density at radius 2 is 2.08 bits per heavy atom. The molecule has 0 saturated heterocycles. The van der Waals surface area contributed by atoms with Gasteiger partial charge in [-0.1, -0.05) is 23.9 Å². The van der Waals surface area contributed by atoms with Crippen molar-refractivity contribution in [3.8, 4) is 0 Å². The van der Waals surface area contributed by atoms with E-state index in [1.807, 2.05) is 30.5 Å².